The maximum Gasteiger partial charge on any atom is 0.196 e. The molecule has 6 nitrogen and oxygen atoms in total. The predicted molar refractivity (Wildman–Crippen MR) is 119 cm³/mol. The molecule has 0 bridgehead atoms. The number of nitrogens with zero attached hydrogens (tertiary/aromatic N) is 5. The highest BCUT2D eigenvalue weighted by Crippen LogP contribution is 2.29. The van der Waals surface area contributed by atoms with E-state index in [4.69, 9.17) is 0 Å². The summed E-state index contributed by atoms with van der Waals surface area (Å²) < 4.78 is 17.5. The largest absolute Gasteiger partial charge is 0.349 e. The molecule has 0 fully saturated rings. The van der Waals surface area contributed by atoms with Crippen molar-refractivity contribution in [1.29, 1.82) is 0 Å². The van der Waals surface area contributed by atoms with Crippen LogP contribution in [0.15, 0.2) is 60.0 Å². The predicted octanol–water partition coefficient (Wildman–Crippen LogP) is 4.88. The zero-order valence-electron chi connectivity index (χ0n) is 17.5. The van der Waals surface area contributed by atoms with Crippen LogP contribution in [0.1, 0.15) is 28.7 Å². The molecule has 0 saturated carbocycles. The van der Waals surface area contributed by atoms with E-state index in [9.17, 15) is 9.18 Å². The van der Waals surface area contributed by atoms with Crippen LogP contribution >= 0.6 is 11.8 Å². The van der Waals surface area contributed by atoms with Gasteiger partial charge in [-0.3, -0.25) is 14.3 Å². The number of hydrogen-bond acceptors (Lipinski definition) is 5. The molecule has 4 aromatic rings. The van der Waals surface area contributed by atoms with Gasteiger partial charge in [0.2, 0.25) is 0 Å². The molecular weight excluding hydrogens is 413 g/mol. The van der Waals surface area contributed by atoms with Gasteiger partial charge >= 0.3 is 0 Å². The van der Waals surface area contributed by atoms with Crippen molar-refractivity contribution in [2.24, 2.45) is 0 Å². The normalized spacial score (nSPS) is 11.1. The fraction of sp³-hybridized carbons (Fsp3) is 0.217. The first kappa shape index (κ1) is 21.0. The van der Waals surface area contributed by atoms with Gasteiger partial charge in [-0.05, 0) is 63.2 Å². The van der Waals surface area contributed by atoms with Gasteiger partial charge in [-0.2, -0.15) is 0 Å². The summed E-state index contributed by atoms with van der Waals surface area (Å²) in [5.74, 6) is 0.548. The molecule has 0 radical (unpaired) electrons. The van der Waals surface area contributed by atoms with Gasteiger partial charge in [-0.1, -0.05) is 11.8 Å². The molecule has 31 heavy (non-hydrogen) atoms. The van der Waals surface area contributed by atoms with Crippen molar-refractivity contribution < 1.29 is 9.18 Å². The van der Waals surface area contributed by atoms with Gasteiger partial charge in [0, 0.05) is 47.1 Å². The summed E-state index contributed by atoms with van der Waals surface area (Å²) in [4.78, 5) is 17.0. The average molecular weight is 436 g/mol. The summed E-state index contributed by atoms with van der Waals surface area (Å²) in [7, 11) is 0. The SMILES string of the molecule is CCn1c(C)cc(C(=O)CSc2nnc(-c3ccncc3)n2-c2ccc(F)cc2)c1C. The third-order valence-corrected chi connectivity index (χ3v) is 6.11. The molecule has 0 aliphatic heterocycles. The van der Waals surface area contributed by atoms with Crippen molar-refractivity contribution in [1.82, 2.24) is 24.3 Å². The number of aromatic nitrogens is 5. The minimum Gasteiger partial charge on any atom is -0.349 e. The van der Waals surface area contributed by atoms with Crippen LogP contribution in [-0.2, 0) is 6.54 Å². The van der Waals surface area contributed by atoms with Crippen molar-refractivity contribution in [2.75, 3.05) is 5.75 Å². The standard InChI is InChI=1S/C23H22FN5OS/c1-4-28-15(2)13-20(16(28)3)21(30)14-31-23-27-26-22(17-9-11-25-12-10-17)29(23)19-7-5-18(24)6-8-19/h5-13H,4,14H2,1-3H3. The van der Waals surface area contributed by atoms with Crippen LogP contribution < -0.4 is 0 Å². The third kappa shape index (κ3) is 4.16. The number of thioether (sulfide) groups is 1. The van der Waals surface area contributed by atoms with E-state index in [1.807, 2.05) is 36.6 Å². The average Bonchev–Trinajstić information content (AvgIpc) is 3.33. The van der Waals surface area contributed by atoms with Gasteiger partial charge in [-0.25, -0.2) is 4.39 Å². The summed E-state index contributed by atoms with van der Waals surface area (Å²) >= 11 is 1.32. The fourth-order valence-corrected chi connectivity index (χ4v) is 4.49. The lowest BCUT2D eigenvalue weighted by Gasteiger charge is -2.10. The van der Waals surface area contributed by atoms with E-state index >= 15 is 0 Å². The number of hydrogen-bond donors (Lipinski definition) is 0. The Bertz CT molecular complexity index is 1220. The van der Waals surface area contributed by atoms with Crippen LogP contribution in [0.4, 0.5) is 4.39 Å². The second-order valence-electron chi connectivity index (χ2n) is 7.09. The maximum absolute atomic E-state index is 13.5. The van der Waals surface area contributed by atoms with Gasteiger partial charge in [0.1, 0.15) is 5.82 Å². The van der Waals surface area contributed by atoms with E-state index in [1.54, 1.807) is 24.5 Å². The van der Waals surface area contributed by atoms with E-state index in [1.165, 1.54) is 23.9 Å². The van der Waals surface area contributed by atoms with Gasteiger partial charge in [0.05, 0.1) is 5.75 Å². The van der Waals surface area contributed by atoms with Gasteiger partial charge < -0.3 is 4.57 Å². The van der Waals surface area contributed by atoms with E-state index in [-0.39, 0.29) is 17.4 Å². The molecule has 4 rings (SSSR count). The minimum absolute atomic E-state index is 0.0388. The number of aryl methyl sites for hydroxylation is 1. The summed E-state index contributed by atoms with van der Waals surface area (Å²) in [5, 5.41) is 9.23. The highest BCUT2D eigenvalue weighted by Gasteiger charge is 2.20. The van der Waals surface area contributed by atoms with Gasteiger partial charge in [-0.15, -0.1) is 10.2 Å². The molecule has 0 spiro atoms. The Labute approximate surface area is 184 Å². The molecule has 0 N–H and O–H groups in total. The Morgan fingerprint density at radius 3 is 2.42 bits per heavy atom. The quantitative estimate of drug-likeness (QED) is 0.306. The van der Waals surface area contributed by atoms with Crippen LogP contribution in [0.3, 0.4) is 0 Å². The third-order valence-electron chi connectivity index (χ3n) is 5.18. The first-order valence-electron chi connectivity index (χ1n) is 9.94. The highest BCUT2D eigenvalue weighted by atomic mass is 32.2. The molecule has 1 aromatic carbocycles. The van der Waals surface area contributed by atoms with Gasteiger partial charge in [0.25, 0.3) is 0 Å². The smallest absolute Gasteiger partial charge is 0.196 e. The Hall–Kier alpha value is -3.26. The van der Waals surface area contributed by atoms with Crippen LogP contribution in [0.2, 0.25) is 0 Å². The Balaban J connectivity index is 1.66. The molecule has 0 atom stereocenters. The molecule has 0 unspecified atom stereocenters. The molecule has 0 aliphatic carbocycles. The maximum atomic E-state index is 13.5. The highest BCUT2D eigenvalue weighted by molar-refractivity contribution is 7.99. The van der Waals surface area contributed by atoms with Crippen molar-refractivity contribution >= 4 is 17.5 Å². The number of carbonyl (C=O) groups excluding carboxylic acids is 1. The fourth-order valence-electron chi connectivity index (χ4n) is 3.65. The number of halogens is 1. The van der Waals surface area contributed by atoms with Gasteiger partial charge in [0.15, 0.2) is 16.8 Å². The number of Topliss-reactive ketones (excluding diaryl/α,β-unsaturated/α-hetero) is 1. The first-order valence-corrected chi connectivity index (χ1v) is 10.9. The molecule has 3 heterocycles. The van der Waals surface area contributed by atoms with Crippen LogP contribution in [0.5, 0.6) is 0 Å². The lowest BCUT2D eigenvalue weighted by Crippen LogP contribution is -2.07. The first-order chi connectivity index (χ1) is 15.0. The summed E-state index contributed by atoms with van der Waals surface area (Å²) in [6, 6.07) is 11.7. The minimum atomic E-state index is -0.321. The second kappa shape index (κ2) is 8.85. The number of rotatable bonds is 7. The van der Waals surface area contributed by atoms with Crippen molar-refractivity contribution in [2.45, 2.75) is 32.5 Å². The number of pyridine rings is 1. The molecule has 8 heteroatoms. The molecule has 0 saturated heterocycles. The number of benzene rings is 1. The molecule has 158 valence electrons. The number of ketones is 1. The van der Waals surface area contributed by atoms with Crippen LogP contribution in [0.25, 0.3) is 17.1 Å². The lowest BCUT2D eigenvalue weighted by atomic mass is 10.2. The zero-order chi connectivity index (χ0) is 22.0. The summed E-state index contributed by atoms with van der Waals surface area (Å²) in [5.41, 5.74) is 4.33. The van der Waals surface area contributed by atoms with E-state index in [2.05, 4.69) is 26.7 Å². The lowest BCUT2D eigenvalue weighted by molar-refractivity contribution is 0.102. The number of carbonyl (C=O) groups is 1. The van der Waals surface area contributed by atoms with E-state index in [0.717, 1.165) is 34.7 Å². The molecular formula is C23H22FN5OS. The van der Waals surface area contributed by atoms with Crippen LogP contribution in [-0.4, -0.2) is 35.9 Å². The summed E-state index contributed by atoms with van der Waals surface area (Å²) in [6.45, 7) is 6.87. The van der Waals surface area contributed by atoms with E-state index < -0.39 is 0 Å². The molecule has 3 aromatic heterocycles. The van der Waals surface area contributed by atoms with Crippen molar-refractivity contribution in [3.63, 3.8) is 0 Å². The molecule has 0 amide bonds. The molecule has 0 aliphatic rings. The van der Waals surface area contributed by atoms with Crippen molar-refractivity contribution in [3.8, 4) is 17.1 Å². The van der Waals surface area contributed by atoms with Crippen molar-refractivity contribution in [3.05, 3.63) is 77.6 Å². The van der Waals surface area contributed by atoms with E-state index in [0.29, 0.717) is 11.0 Å². The zero-order valence-corrected chi connectivity index (χ0v) is 18.4. The Morgan fingerprint density at radius 1 is 1.06 bits per heavy atom. The van der Waals surface area contributed by atoms with Crippen LogP contribution in [0, 0.1) is 19.7 Å². The summed E-state index contributed by atoms with van der Waals surface area (Å²) in [6.07, 6.45) is 3.36. The monoisotopic (exact) mass is 435 g/mol. The Morgan fingerprint density at radius 2 is 1.77 bits per heavy atom. The Kier molecular flexibility index (Phi) is 5.99. The second-order valence-corrected chi connectivity index (χ2v) is 8.04. The topological polar surface area (TPSA) is 65.6 Å².